The van der Waals surface area contributed by atoms with Gasteiger partial charge in [0.2, 0.25) is 5.88 Å². The lowest BCUT2D eigenvalue weighted by Crippen LogP contribution is -2.34. The predicted octanol–water partition coefficient (Wildman–Crippen LogP) is 4.54. The molecule has 4 nitrogen and oxygen atoms in total. The van der Waals surface area contributed by atoms with Gasteiger partial charge in [-0.1, -0.05) is 30.2 Å². The Morgan fingerprint density at radius 1 is 1.28 bits per heavy atom. The van der Waals surface area contributed by atoms with E-state index in [-0.39, 0.29) is 5.91 Å². The van der Waals surface area contributed by atoms with Crippen LogP contribution in [-0.2, 0) is 0 Å². The second kappa shape index (κ2) is 8.34. The van der Waals surface area contributed by atoms with E-state index in [0.717, 1.165) is 30.8 Å². The number of ether oxygens (including phenoxy) is 1. The first kappa shape index (κ1) is 17.7. The number of pyridine rings is 1. The van der Waals surface area contributed by atoms with Crippen LogP contribution in [0.5, 0.6) is 5.88 Å². The quantitative estimate of drug-likeness (QED) is 0.805. The predicted molar refractivity (Wildman–Crippen MR) is 99.4 cm³/mol. The molecule has 0 N–H and O–H groups in total. The molecule has 1 unspecified atom stereocenters. The first-order chi connectivity index (χ1) is 12.2. The minimum absolute atomic E-state index is 0.00239. The Kier molecular flexibility index (Phi) is 5.92. The van der Waals surface area contributed by atoms with E-state index in [4.69, 9.17) is 16.3 Å². The number of likely N-dealkylation sites (tertiary alicyclic amines) is 1. The molecule has 2 aromatic rings. The highest BCUT2D eigenvalue weighted by Crippen LogP contribution is 2.29. The number of hydrogen-bond donors (Lipinski definition) is 0. The van der Waals surface area contributed by atoms with E-state index in [0.29, 0.717) is 30.5 Å². The molecule has 25 heavy (non-hydrogen) atoms. The third kappa shape index (κ3) is 4.31. The van der Waals surface area contributed by atoms with Crippen molar-refractivity contribution in [3.05, 3.63) is 58.7 Å². The first-order valence-electron chi connectivity index (χ1n) is 8.81. The maximum absolute atomic E-state index is 13.1. The summed E-state index contributed by atoms with van der Waals surface area (Å²) in [7, 11) is 0. The molecule has 1 amide bonds. The normalized spacial score (nSPS) is 17.8. The third-order valence-corrected chi connectivity index (χ3v) is 4.83. The van der Waals surface area contributed by atoms with Gasteiger partial charge in [0.25, 0.3) is 5.91 Å². The summed E-state index contributed by atoms with van der Waals surface area (Å²) in [6.45, 7) is 3.86. The second-order valence-electron chi connectivity index (χ2n) is 6.28. The van der Waals surface area contributed by atoms with Crippen LogP contribution in [0.25, 0.3) is 0 Å². The number of hydrogen-bond acceptors (Lipinski definition) is 3. The van der Waals surface area contributed by atoms with Crippen molar-refractivity contribution < 1.29 is 9.53 Å². The Morgan fingerprint density at radius 3 is 2.84 bits per heavy atom. The van der Waals surface area contributed by atoms with E-state index in [1.54, 1.807) is 18.3 Å². The monoisotopic (exact) mass is 358 g/mol. The fraction of sp³-hybridized carbons (Fsp3) is 0.400. The zero-order valence-electron chi connectivity index (χ0n) is 14.5. The van der Waals surface area contributed by atoms with Crippen molar-refractivity contribution in [3.8, 4) is 5.88 Å². The topological polar surface area (TPSA) is 42.4 Å². The highest BCUT2D eigenvalue weighted by atomic mass is 35.5. The van der Waals surface area contributed by atoms with Crippen LogP contribution in [-0.4, -0.2) is 35.5 Å². The van der Waals surface area contributed by atoms with E-state index >= 15 is 0 Å². The Morgan fingerprint density at radius 2 is 2.08 bits per heavy atom. The van der Waals surface area contributed by atoms with Crippen LogP contribution >= 0.6 is 11.6 Å². The lowest BCUT2D eigenvalue weighted by atomic mass is 9.94. The minimum atomic E-state index is -0.00239. The van der Waals surface area contributed by atoms with Gasteiger partial charge in [-0.3, -0.25) is 4.79 Å². The molecule has 1 aromatic carbocycles. The molecule has 5 heteroatoms. The summed E-state index contributed by atoms with van der Waals surface area (Å²) in [5.41, 5.74) is 1.78. The van der Waals surface area contributed by atoms with Crippen LogP contribution < -0.4 is 4.74 Å². The lowest BCUT2D eigenvalue weighted by Gasteiger charge is -2.25. The molecular formula is C20H23ClN2O2. The number of benzene rings is 1. The Balaban J connectivity index is 1.81. The van der Waals surface area contributed by atoms with Crippen molar-refractivity contribution >= 4 is 17.5 Å². The third-order valence-electron chi connectivity index (χ3n) is 4.58. The van der Waals surface area contributed by atoms with Crippen LogP contribution in [0.1, 0.15) is 48.0 Å². The van der Waals surface area contributed by atoms with E-state index in [2.05, 4.69) is 17.1 Å². The van der Waals surface area contributed by atoms with Gasteiger partial charge in [-0.25, -0.2) is 4.98 Å². The fourth-order valence-corrected chi connectivity index (χ4v) is 3.44. The van der Waals surface area contributed by atoms with Crippen LogP contribution in [0.3, 0.4) is 0 Å². The van der Waals surface area contributed by atoms with Gasteiger partial charge in [0.05, 0.1) is 6.61 Å². The van der Waals surface area contributed by atoms with Crippen molar-refractivity contribution in [1.29, 1.82) is 0 Å². The van der Waals surface area contributed by atoms with E-state index in [1.807, 2.05) is 24.0 Å². The number of carbonyl (C=O) groups excluding carboxylic acids is 1. The molecule has 1 atom stereocenters. The van der Waals surface area contributed by atoms with Gasteiger partial charge >= 0.3 is 0 Å². The standard InChI is InChI=1S/C20H23ClN2O2/c1-2-25-19-18(7-5-12-22-19)20(24)23-13-4-3-6-16(14-23)15-8-10-17(21)11-9-15/h5,7-12,16H,2-4,6,13-14H2,1H3. The average molecular weight is 359 g/mol. The van der Waals surface area contributed by atoms with Crippen molar-refractivity contribution in [2.45, 2.75) is 32.1 Å². The highest BCUT2D eigenvalue weighted by Gasteiger charge is 2.26. The van der Waals surface area contributed by atoms with Crippen molar-refractivity contribution in [2.24, 2.45) is 0 Å². The molecule has 1 saturated heterocycles. The second-order valence-corrected chi connectivity index (χ2v) is 6.72. The number of aromatic nitrogens is 1. The van der Waals surface area contributed by atoms with Crippen LogP contribution in [0.15, 0.2) is 42.6 Å². The van der Waals surface area contributed by atoms with Gasteiger partial charge in [0, 0.05) is 30.2 Å². The van der Waals surface area contributed by atoms with Gasteiger partial charge in [0.15, 0.2) is 0 Å². The Hall–Kier alpha value is -2.07. The van der Waals surface area contributed by atoms with E-state index < -0.39 is 0 Å². The molecule has 2 heterocycles. The fourth-order valence-electron chi connectivity index (χ4n) is 3.31. The van der Waals surface area contributed by atoms with Gasteiger partial charge in [-0.2, -0.15) is 0 Å². The number of halogens is 1. The first-order valence-corrected chi connectivity index (χ1v) is 9.19. The zero-order chi connectivity index (χ0) is 17.6. The molecule has 1 aliphatic rings. The van der Waals surface area contributed by atoms with E-state index in [9.17, 15) is 4.79 Å². The lowest BCUT2D eigenvalue weighted by molar-refractivity contribution is 0.0749. The minimum Gasteiger partial charge on any atom is -0.477 e. The number of amides is 1. The maximum atomic E-state index is 13.1. The molecule has 0 aliphatic carbocycles. The summed E-state index contributed by atoms with van der Waals surface area (Å²) < 4.78 is 5.53. The summed E-state index contributed by atoms with van der Waals surface area (Å²) in [6.07, 6.45) is 4.86. The van der Waals surface area contributed by atoms with E-state index in [1.165, 1.54) is 5.56 Å². The summed E-state index contributed by atoms with van der Waals surface area (Å²) >= 11 is 6.00. The smallest absolute Gasteiger partial charge is 0.259 e. The number of carbonyl (C=O) groups is 1. The molecule has 1 fully saturated rings. The van der Waals surface area contributed by atoms with Gasteiger partial charge in [-0.15, -0.1) is 0 Å². The molecule has 1 aliphatic heterocycles. The van der Waals surface area contributed by atoms with Gasteiger partial charge in [0.1, 0.15) is 5.56 Å². The number of nitrogens with zero attached hydrogens (tertiary/aromatic N) is 2. The molecule has 1 aromatic heterocycles. The molecule has 0 spiro atoms. The largest absolute Gasteiger partial charge is 0.477 e. The maximum Gasteiger partial charge on any atom is 0.259 e. The number of rotatable bonds is 4. The van der Waals surface area contributed by atoms with Gasteiger partial charge in [-0.05, 0) is 49.6 Å². The van der Waals surface area contributed by atoms with Crippen molar-refractivity contribution in [1.82, 2.24) is 9.88 Å². The van der Waals surface area contributed by atoms with Crippen LogP contribution in [0, 0.1) is 0 Å². The zero-order valence-corrected chi connectivity index (χ0v) is 15.2. The summed E-state index contributed by atoms with van der Waals surface area (Å²) in [4.78, 5) is 19.2. The SMILES string of the molecule is CCOc1ncccc1C(=O)N1CCCCC(c2ccc(Cl)cc2)C1. The molecular weight excluding hydrogens is 336 g/mol. The van der Waals surface area contributed by atoms with Gasteiger partial charge < -0.3 is 9.64 Å². The van der Waals surface area contributed by atoms with Crippen LogP contribution in [0.2, 0.25) is 5.02 Å². The van der Waals surface area contributed by atoms with Crippen molar-refractivity contribution in [2.75, 3.05) is 19.7 Å². The highest BCUT2D eigenvalue weighted by molar-refractivity contribution is 6.30. The molecule has 0 radical (unpaired) electrons. The summed E-state index contributed by atoms with van der Waals surface area (Å²) in [6, 6.07) is 11.5. The average Bonchev–Trinajstić information content (AvgIpc) is 2.89. The molecule has 132 valence electrons. The molecule has 0 bridgehead atoms. The van der Waals surface area contributed by atoms with Crippen LogP contribution in [0.4, 0.5) is 0 Å². The Bertz CT molecular complexity index is 718. The molecule has 3 rings (SSSR count). The summed E-state index contributed by atoms with van der Waals surface area (Å²) in [5, 5.41) is 0.738. The molecule has 0 saturated carbocycles. The summed E-state index contributed by atoms with van der Waals surface area (Å²) in [5.74, 6) is 0.746. The Labute approximate surface area is 153 Å². The van der Waals surface area contributed by atoms with Crippen molar-refractivity contribution in [3.63, 3.8) is 0 Å².